The van der Waals surface area contributed by atoms with Crippen molar-refractivity contribution >= 4 is 16.9 Å². The van der Waals surface area contributed by atoms with E-state index in [1.54, 1.807) is 11.3 Å². The van der Waals surface area contributed by atoms with Gasteiger partial charge in [0.2, 0.25) is 5.95 Å². The van der Waals surface area contributed by atoms with Gasteiger partial charge >= 0.3 is 0 Å². The molecule has 0 aromatic carbocycles. The van der Waals surface area contributed by atoms with Gasteiger partial charge in [-0.3, -0.25) is 4.57 Å². The van der Waals surface area contributed by atoms with Crippen molar-refractivity contribution in [2.75, 3.05) is 0 Å². The molecule has 0 atom stereocenters. The van der Waals surface area contributed by atoms with E-state index in [1.807, 2.05) is 23.8 Å². The minimum absolute atomic E-state index is 0.697. The van der Waals surface area contributed by atoms with E-state index in [9.17, 15) is 5.26 Å². The molecule has 1 saturated carbocycles. The standard InChI is InChI=1S/C18H18N6S/c1-11-7-14(12(2)24(11)18-20-10-21-23-18)16-9-25-17(22-16)15(8-19)13-5-3-4-6-13/h7,9-10H,3-6H2,1-2H3,(H,20,21,23). The van der Waals surface area contributed by atoms with Gasteiger partial charge in [0.1, 0.15) is 17.4 Å². The monoisotopic (exact) mass is 350 g/mol. The van der Waals surface area contributed by atoms with Crippen LogP contribution in [0, 0.1) is 25.2 Å². The zero-order valence-electron chi connectivity index (χ0n) is 14.2. The molecule has 126 valence electrons. The van der Waals surface area contributed by atoms with Gasteiger partial charge < -0.3 is 0 Å². The molecule has 0 amide bonds. The molecule has 3 heterocycles. The predicted molar refractivity (Wildman–Crippen MR) is 97.3 cm³/mol. The lowest BCUT2D eigenvalue weighted by Gasteiger charge is -2.04. The highest BCUT2D eigenvalue weighted by Gasteiger charge is 2.19. The lowest BCUT2D eigenvalue weighted by Crippen LogP contribution is -2.01. The maximum absolute atomic E-state index is 9.58. The number of nitrogens with zero attached hydrogens (tertiary/aromatic N) is 5. The fraction of sp³-hybridized carbons (Fsp3) is 0.333. The molecule has 25 heavy (non-hydrogen) atoms. The number of aromatic amines is 1. The summed E-state index contributed by atoms with van der Waals surface area (Å²) in [6, 6.07) is 4.48. The first-order valence-corrected chi connectivity index (χ1v) is 9.20. The van der Waals surface area contributed by atoms with Gasteiger partial charge in [-0.25, -0.2) is 10.1 Å². The predicted octanol–water partition coefficient (Wildman–Crippen LogP) is 4.19. The molecule has 0 unspecified atom stereocenters. The molecule has 0 radical (unpaired) electrons. The Morgan fingerprint density at radius 2 is 2.12 bits per heavy atom. The Bertz CT molecular complexity index is 976. The number of H-pyrrole nitrogens is 1. The van der Waals surface area contributed by atoms with Crippen molar-refractivity contribution < 1.29 is 0 Å². The molecular weight excluding hydrogens is 332 g/mol. The van der Waals surface area contributed by atoms with Crippen LogP contribution in [0.25, 0.3) is 22.8 Å². The molecule has 1 aliphatic rings. The van der Waals surface area contributed by atoms with Crippen molar-refractivity contribution in [2.24, 2.45) is 0 Å². The van der Waals surface area contributed by atoms with Gasteiger partial charge in [-0.05, 0) is 51.2 Å². The topological polar surface area (TPSA) is 83.2 Å². The third-order valence-corrected chi connectivity index (χ3v) is 5.57. The van der Waals surface area contributed by atoms with E-state index in [1.165, 1.54) is 24.7 Å². The fourth-order valence-electron chi connectivity index (χ4n) is 3.50. The number of aryl methyl sites for hydroxylation is 1. The van der Waals surface area contributed by atoms with Gasteiger partial charge in [0.25, 0.3) is 0 Å². The Balaban J connectivity index is 1.76. The van der Waals surface area contributed by atoms with Crippen molar-refractivity contribution in [3.05, 3.63) is 39.7 Å². The van der Waals surface area contributed by atoms with Gasteiger partial charge in [0.15, 0.2) is 0 Å². The van der Waals surface area contributed by atoms with Crippen LogP contribution in [0.5, 0.6) is 0 Å². The number of allylic oxidation sites excluding steroid dienone is 2. The molecule has 3 aromatic heterocycles. The molecule has 6 nitrogen and oxygen atoms in total. The SMILES string of the molecule is Cc1cc(-c2csc(C(C#N)=C3CCCC3)n2)c(C)n1-c1ncn[nH]1. The van der Waals surface area contributed by atoms with Crippen LogP contribution >= 0.6 is 11.3 Å². The van der Waals surface area contributed by atoms with Crippen LogP contribution in [0.3, 0.4) is 0 Å². The molecule has 0 aliphatic heterocycles. The van der Waals surface area contributed by atoms with Crippen molar-refractivity contribution in [1.82, 2.24) is 24.7 Å². The zero-order chi connectivity index (χ0) is 17.4. The van der Waals surface area contributed by atoms with Crippen molar-refractivity contribution in [3.8, 4) is 23.3 Å². The molecule has 1 N–H and O–H groups in total. The number of aromatic nitrogens is 5. The molecular formula is C18H18N6S. The van der Waals surface area contributed by atoms with Crippen LogP contribution in [0.1, 0.15) is 42.1 Å². The molecule has 1 aliphatic carbocycles. The van der Waals surface area contributed by atoms with Crippen LogP contribution < -0.4 is 0 Å². The van der Waals surface area contributed by atoms with Crippen LogP contribution in [-0.2, 0) is 0 Å². The van der Waals surface area contributed by atoms with Crippen LogP contribution in [0.2, 0.25) is 0 Å². The van der Waals surface area contributed by atoms with E-state index in [0.717, 1.165) is 46.1 Å². The first-order chi connectivity index (χ1) is 12.2. The summed E-state index contributed by atoms with van der Waals surface area (Å²) in [4.78, 5) is 9.01. The first kappa shape index (κ1) is 15.8. The van der Waals surface area contributed by atoms with E-state index in [4.69, 9.17) is 4.98 Å². The van der Waals surface area contributed by atoms with Gasteiger partial charge in [0.05, 0.1) is 11.3 Å². The Labute approximate surface area is 149 Å². The molecule has 0 saturated heterocycles. The second kappa shape index (κ2) is 6.30. The fourth-order valence-corrected chi connectivity index (χ4v) is 4.36. The second-order valence-electron chi connectivity index (χ2n) is 6.26. The third-order valence-electron chi connectivity index (χ3n) is 4.71. The van der Waals surface area contributed by atoms with E-state index in [0.29, 0.717) is 5.95 Å². The number of nitrogens with one attached hydrogen (secondary N) is 1. The first-order valence-electron chi connectivity index (χ1n) is 8.32. The normalized spacial score (nSPS) is 14.0. The average molecular weight is 350 g/mol. The average Bonchev–Trinajstić information content (AvgIpc) is 3.36. The maximum atomic E-state index is 9.58. The number of thiazole rings is 1. The van der Waals surface area contributed by atoms with Gasteiger partial charge in [-0.15, -0.1) is 11.3 Å². The summed E-state index contributed by atoms with van der Waals surface area (Å²) in [6.07, 6.45) is 5.91. The number of hydrogen-bond acceptors (Lipinski definition) is 5. The lowest BCUT2D eigenvalue weighted by atomic mass is 10.1. The highest BCUT2D eigenvalue weighted by Crippen LogP contribution is 2.35. The van der Waals surface area contributed by atoms with Gasteiger partial charge in [-0.1, -0.05) is 0 Å². The largest absolute Gasteiger partial charge is 0.287 e. The van der Waals surface area contributed by atoms with E-state index in [2.05, 4.69) is 27.3 Å². The zero-order valence-corrected chi connectivity index (χ0v) is 15.0. The minimum Gasteiger partial charge on any atom is -0.287 e. The van der Waals surface area contributed by atoms with Crippen molar-refractivity contribution in [2.45, 2.75) is 39.5 Å². The maximum Gasteiger partial charge on any atom is 0.229 e. The van der Waals surface area contributed by atoms with E-state index in [-0.39, 0.29) is 0 Å². The summed E-state index contributed by atoms with van der Waals surface area (Å²) in [5.74, 6) is 0.697. The van der Waals surface area contributed by atoms with Crippen LogP contribution in [-0.4, -0.2) is 24.7 Å². The van der Waals surface area contributed by atoms with E-state index >= 15 is 0 Å². The number of hydrogen-bond donors (Lipinski definition) is 1. The van der Waals surface area contributed by atoms with Crippen molar-refractivity contribution in [1.29, 1.82) is 5.26 Å². The summed E-state index contributed by atoms with van der Waals surface area (Å²) < 4.78 is 2.03. The highest BCUT2D eigenvalue weighted by atomic mass is 32.1. The molecule has 0 bridgehead atoms. The Kier molecular flexibility index (Phi) is 3.98. The van der Waals surface area contributed by atoms with Gasteiger partial charge in [0, 0.05) is 22.3 Å². The van der Waals surface area contributed by atoms with Gasteiger partial charge in [-0.2, -0.15) is 15.3 Å². The number of rotatable bonds is 3. The summed E-state index contributed by atoms with van der Waals surface area (Å²) in [7, 11) is 0. The van der Waals surface area contributed by atoms with Crippen LogP contribution in [0.15, 0.2) is 23.3 Å². The molecule has 4 rings (SSSR count). The van der Waals surface area contributed by atoms with E-state index < -0.39 is 0 Å². The second-order valence-corrected chi connectivity index (χ2v) is 7.12. The smallest absolute Gasteiger partial charge is 0.229 e. The molecule has 3 aromatic rings. The summed E-state index contributed by atoms with van der Waals surface area (Å²) in [5, 5.41) is 19.3. The summed E-state index contributed by atoms with van der Waals surface area (Å²) in [6.45, 7) is 4.08. The quantitative estimate of drug-likeness (QED) is 0.718. The summed E-state index contributed by atoms with van der Waals surface area (Å²) >= 11 is 1.55. The highest BCUT2D eigenvalue weighted by molar-refractivity contribution is 7.11. The molecule has 1 fully saturated rings. The Hall–Kier alpha value is -2.72. The minimum atomic E-state index is 0.697. The number of nitriles is 1. The molecule has 0 spiro atoms. The summed E-state index contributed by atoms with van der Waals surface area (Å²) in [5.41, 5.74) is 6.12. The lowest BCUT2D eigenvalue weighted by molar-refractivity contribution is 0.879. The Morgan fingerprint density at radius 1 is 1.32 bits per heavy atom. The van der Waals surface area contributed by atoms with Crippen molar-refractivity contribution in [3.63, 3.8) is 0 Å². The van der Waals surface area contributed by atoms with Crippen LogP contribution in [0.4, 0.5) is 0 Å². The molecule has 7 heteroatoms. The Morgan fingerprint density at radius 3 is 2.80 bits per heavy atom. The third kappa shape index (κ3) is 2.68.